The lowest BCUT2D eigenvalue weighted by molar-refractivity contribution is 0.0998. The molecule has 2 aromatic carbocycles. The zero-order valence-corrected chi connectivity index (χ0v) is 14.5. The molecule has 0 aliphatic carbocycles. The van der Waals surface area contributed by atoms with Gasteiger partial charge >= 0.3 is 0 Å². The van der Waals surface area contributed by atoms with Crippen LogP contribution in [0.3, 0.4) is 0 Å². The molecule has 0 radical (unpaired) electrons. The summed E-state index contributed by atoms with van der Waals surface area (Å²) >= 11 is 6.19. The zero-order valence-electron chi connectivity index (χ0n) is 13.8. The van der Waals surface area contributed by atoms with Crippen LogP contribution in [0.2, 0.25) is 5.02 Å². The molecule has 0 aliphatic rings. The van der Waals surface area contributed by atoms with Crippen molar-refractivity contribution in [2.75, 3.05) is 5.32 Å². The zero-order chi connectivity index (χ0) is 17.6. The highest BCUT2D eigenvalue weighted by Gasteiger charge is 2.19. The first-order chi connectivity index (χ1) is 12.0. The summed E-state index contributed by atoms with van der Waals surface area (Å²) in [5.41, 5.74) is 3.72. The van der Waals surface area contributed by atoms with Crippen molar-refractivity contribution in [2.24, 2.45) is 0 Å². The van der Waals surface area contributed by atoms with Crippen molar-refractivity contribution < 1.29 is 9.21 Å². The van der Waals surface area contributed by atoms with Crippen LogP contribution in [0.25, 0.3) is 21.9 Å². The van der Waals surface area contributed by atoms with Gasteiger partial charge in [-0.15, -0.1) is 0 Å². The lowest BCUT2D eigenvalue weighted by atomic mass is 10.1. The molecule has 2 aromatic heterocycles. The summed E-state index contributed by atoms with van der Waals surface area (Å²) in [6.07, 6.45) is 1.70. The molecule has 0 atom stereocenters. The van der Waals surface area contributed by atoms with E-state index < -0.39 is 0 Å². The van der Waals surface area contributed by atoms with E-state index in [9.17, 15) is 4.79 Å². The third kappa shape index (κ3) is 2.65. The molecule has 0 spiro atoms. The van der Waals surface area contributed by atoms with Crippen molar-refractivity contribution in [3.63, 3.8) is 0 Å². The lowest BCUT2D eigenvalue weighted by Gasteiger charge is -2.07. The Morgan fingerprint density at radius 1 is 1.16 bits per heavy atom. The van der Waals surface area contributed by atoms with Crippen molar-refractivity contribution in [1.82, 2.24) is 4.98 Å². The van der Waals surface area contributed by atoms with E-state index in [1.54, 1.807) is 6.20 Å². The standard InChI is InChI=1S/C20H15ClN2O2/c1-11-9-17-14(10-15(11)21)12(2)19(25-17)20(24)23-16-7-3-5-13-6-4-8-22-18(13)16/h3-10H,1-2H3,(H,23,24). The Morgan fingerprint density at radius 3 is 2.80 bits per heavy atom. The first-order valence-electron chi connectivity index (χ1n) is 7.89. The molecular weight excluding hydrogens is 336 g/mol. The molecule has 1 N–H and O–H groups in total. The monoisotopic (exact) mass is 350 g/mol. The van der Waals surface area contributed by atoms with Crippen molar-refractivity contribution in [3.8, 4) is 0 Å². The Hall–Kier alpha value is -2.85. The molecule has 2 heterocycles. The van der Waals surface area contributed by atoms with Gasteiger partial charge in [0.15, 0.2) is 5.76 Å². The fourth-order valence-corrected chi connectivity index (χ4v) is 3.11. The summed E-state index contributed by atoms with van der Waals surface area (Å²) in [5, 5.41) is 5.36. The highest BCUT2D eigenvalue weighted by atomic mass is 35.5. The van der Waals surface area contributed by atoms with Crippen LogP contribution in [0.4, 0.5) is 5.69 Å². The molecule has 124 valence electrons. The molecular formula is C20H15ClN2O2. The second kappa shape index (κ2) is 5.90. The number of carbonyl (C=O) groups excluding carboxylic acids is 1. The Kier molecular flexibility index (Phi) is 3.70. The van der Waals surface area contributed by atoms with E-state index in [2.05, 4.69) is 10.3 Å². The number of hydrogen-bond acceptors (Lipinski definition) is 3. The Morgan fingerprint density at radius 2 is 1.96 bits per heavy atom. The Balaban J connectivity index is 1.76. The van der Waals surface area contributed by atoms with Gasteiger partial charge < -0.3 is 9.73 Å². The lowest BCUT2D eigenvalue weighted by Crippen LogP contribution is -2.12. The van der Waals surface area contributed by atoms with Crippen LogP contribution >= 0.6 is 11.6 Å². The van der Waals surface area contributed by atoms with E-state index in [-0.39, 0.29) is 11.7 Å². The second-order valence-electron chi connectivity index (χ2n) is 5.99. The Labute approximate surface area is 149 Å². The fraction of sp³-hybridized carbons (Fsp3) is 0.100. The van der Waals surface area contributed by atoms with Gasteiger partial charge in [0.2, 0.25) is 0 Å². The topological polar surface area (TPSA) is 55.1 Å². The van der Waals surface area contributed by atoms with E-state index >= 15 is 0 Å². The van der Waals surface area contributed by atoms with Gasteiger partial charge in [-0.3, -0.25) is 9.78 Å². The van der Waals surface area contributed by atoms with Crippen LogP contribution in [0.15, 0.2) is 53.1 Å². The molecule has 0 unspecified atom stereocenters. The second-order valence-corrected chi connectivity index (χ2v) is 6.40. The number of amides is 1. The number of anilines is 1. The van der Waals surface area contributed by atoms with Crippen molar-refractivity contribution >= 4 is 45.1 Å². The third-order valence-corrected chi connectivity index (χ3v) is 4.71. The predicted molar refractivity (Wildman–Crippen MR) is 100 cm³/mol. The third-order valence-electron chi connectivity index (χ3n) is 4.30. The quantitative estimate of drug-likeness (QED) is 0.519. The van der Waals surface area contributed by atoms with Crippen molar-refractivity contribution in [3.05, 3.63) is 70.6 Å². The van der Waals surface area contributed by atoms with Crippen LogP contribution in [0.1, 0.15) is 21.7 Å². The highest BCUT2D eigenvalue weighted by molar-refractivity contribution is 6.32. The number of aryl methyl sites for hydroxylation is 2. The SMILES string of the molecule is Cc1cc2oc(C(=O)Nc3cccc4cccnc34)c(C)c2cc1Cl. The first-order valence-corrected chi connectivity index (χ1v) is 8.27. The molecule has 0 bridgehead atoms. The van der Waals surface area contributed by atoms with Crippen LogP contribution in [0, 0.1) is 13.8 Å². The van der Waals surface area contributed by atoms with Gasteiger partial charge in [0, 0.05) is 27.6 Å². The summed E-state index contributed by atoms with van der Waals surface area (Å²) in [5.74, 6) is -0.0229. The number of carbonyl (C=O) groups is 1. The van der Waals surface area contributed by atoms with Gasteiger partial charge in [0.1, 0.15) is 5.58 Å². The van der Waals surface area contributed by atoms with E-state index in [4.69, 9.17) is 16.0 Å². The number of benzene rings is 2. The summed E-state index contributed by atoms with van der Waals surface area (Å²) in [6, 6.07) is 13.2. The molecule has 4 aromatic rings. The van der Waals surface area contributed by atoms with Crippen LogP contribution in [-0.2, 0) is 0 Å². The van der Waals surface area contributed by atoms with Crippen molar-refractivity contribution in [1.29, 1.82) is 0 Å². The van der Waals surface area contributed by atoms with E-state index in [0.717, 1.165) is 27.4 Å². The molecule has 5 heteroatoms. The number of halogens is 1. The number of rotatable bonds is 2. The van der Waals surface area contributed by atoms with E-state index in [0.29, 0.717) is 16.3 Å². The number of fused-ring (bicyclic) bond motifs is 2. The molecule has 1 amide bonds. The average molecular weight is 351 g/mol. The molecule has 0 saturated heterocycles. The van der Waals surface area contributed by atoms with Crippen molar-refractivity contribution in [2.45, 2.75) is 13.8 Å². The van der Waals surface area contributed by atoms with Gasteiger partial charge in [0.25, 0.3) is 5.91 Å². The van der Waals surface area contributed by atoms with Crippen LogP contribution in [-0.4, -0.2) is 10.9 Å². The maximum absolute atomic E-state index is 12.8. The first kappa shape index (κ1) is 15.7. The van der Waals surface area contributed by atoms with Crippen LogP contribution < -0.4 is 5.32 Å². The summed E-state index contributed by atoms with van der Waals surface area (Å²) in [7, 11) is 0. The normalized spacial score (nSPS) is 11.2. The highest BCUT2D eigenvalue weighted by Crippen LogP contribution is 2.31. The predicted octanol–water partition coefficient (Wildman–Crippen LogP) is 5.50. The summed E-state index contributed by atoms with van der Waals surface area (Å²) in [6.45, 7) is 3.76. The minimum Gasteiger partial charge on any atom is -0.451 e. The maximum Gasteiger partial charge on any atom is 0.291 e. The number of hydrogen-bond donors (Lipinski definition) is 1. The van der Waals surface area contributed by atoms with E-state index in [1.165, 1.54) is 0 Å². The number of pyridine rings is 1. The average Bonchev–Trinajstić information content (AvgIpc) is 2.92. The summed E-state index contributed by atoms with van der Waals surface area (Å²) < 4.78 is 5.79. The minimum atomic E-state index is -0.305. The molecule has 4 nitrogen and oxygen atoms in total. The van der Waals surface area contributed by atoms with Gasteiger partial charge in [-0.1, -0.05) is 29.8 Å². The molecule has 25 heavy (non-hydrogen) atoms. The van der Waals surface area contributed by atoms with Gasteiger partial charge in [-0.25, -0.2) is 0 Å². The smallest absolute Gasteiger partial charge is 0.291 e. The molecule has 0 saturated carbocycles. The Bertz CT molecular complexity index is 1130. The number of aromatic nitrogens is 1. The number of furan rings is 1. The molecule has 0 aliphatic heterocycles. The maximum atomic E-state index is 12.8. The number of nitrogens with zero attached hydrogens (tertiary/aromatic N) is 1. The van der Waals surface area contributed by atoms with Gasteiger partial charge in [0.05, 0.1) is 11.2 Å². The number of para-hydroxylation sites is 1. The van der Waals surface area contributed by atoms with Gasteiger partial charge in [-0.2, -0.15) is 0 Å². The number of nitrogens with one attached hydrogen (secondary N) is 1. The fourth-order valence-electron chi connectivity index (χ4n) is 2.94. The van der Waals surface area contributed by atoms with Crippen LogP contribution in [0.5, 0.6) is 0 Å². The largest absolute Gasteiger partial charge is 0.451 e. The molecule has 0 fully saturated rings. The minimum absolute atomic E-state index is 0.282. The summed E-state index contributed by atoms with van der Waals surface area (Å²) in [4.78, 5) is 17.1. The van der Waals surface area contributed by atoms with E-state index in [1.807, 2.05) is 56.3 Å². The molecule has 4 rings (SSSR count). The van der Waals surface area contributed by atoms with Gasteiger partial charge in [-0.05, 0) is 43.7 Å².